The second kappa shape index (κ2) is 4.97. The van der Waals surface area contributed by atoms with Crippen molar-refractivity contribution in [3.8, 4) is 5.75 Å². The zero-order chi connectivity index (χ0) is 13.0. The Morgan fingerprint density at radius 3 is 2.00 bits per heavy atom. The first kappa shape index (κ1) is 12.5. The first-order valence-corrected chi connectivity index (χ1v) is 4.51. The predicted octanol–water partition coefficient (Wildman–Crippen LogP) is -0.202. The average molecular weight is 238 g/mol. The number of nitrogens with two attached hydrogens (primary N) is 2. The van der Waals surface area contributed by atoms with Gasteiger partial charge in [0.15, 0.2) is 5.92 Å². The smallest absolute Gasteiger partial charge is 0.409 e. The molecule has 1 unspecified atom stereocenters. The second-order valence-corrected chi connectivity index (χ2v) is 3.16. The van der Waals surface area contributed by atoms with Crippen LogP contribution in [0.25, 0.3) is 0 Å². The number of rotatable bonds is 4. The van der Waals surface area contributed by atoms with Gasteiger partial charge in [-0.3, -0.25) is 9.59 Å². The largest absolute Gasteiger partial charge is 0.480 e. The number of carboxylic acids is 1. The fourth-order valence-corrected chi connectivity index (χ4v) is 1.27. The Morgan fingerprint density at radius 2 is 1.65 bits per heavy atom. The van der Waals surface area contributed by atoms with Crippen LogP contribution in [0.4, 0.5) is 4.79 Å². The molecule has 90 valence electrons. The van der Waals surface area contributed by atoms with Crippen molar-refractivity contribution in [1.29, 1.82) is 0 Å². The maximum atomic E-state index is 10.9. The molecule has 0 fully saturated rings. The first-order chi connectivity index (χ1) is 7.91. The molecular formula is C10H10N2O5. The summed E-state index contributed by atoms with van der Waals surface area (Å²) in [6.07, 6.45) is -0.984. The molecule has 0 saturated heterocycles. The van der Waals surface area contributed by atoms with E-state index in [1.807, 2.05) is 0 Å². The number of carbonyl (C=O) groups excluding carboxylic acids is 2. The number of carboxylic acid groups (broad SMARTS) is 1. The standard InChI is InChI=1S/C10H10N2O5/c11-8(13)7(9(14)15)5-1-3-6(4-2-5)17-10(12)16/h1-4,7H,(H2,11,13)(H2,12,16)(H,14,15). The maximum Gasteiger partial charge on any atom is 0.409 e. The molecule has 2 amide bonds. The summed E-state index contributed by atoms with van der Waals surface area (Å²) in [6.45, 7) is 0. The van der Waals surface area contributed by atoms with Crippen LogP contribution in [0.1, 0.15) is 11.5 Å². The summed E-state index contributed by atoms with van der Waals surface area (Å²) in [5.41, 5.74) is 9.95. The van der Waals surface area contributed by atoms with Gasteiger partial charge in [0.2, 0.25) is 5.91 Å². The van der Waals surface area contributed by atoms with Crippen molar-refractivity contribution in [2.75, 3.05) is 0 Å². The van der Waals surface area contributed by atoms with E-state index in [9.17, 15) is 14.4 Å². The van der Waals surface area contributed by atoms with Crippen LogP contribution in [0.3, 0.4) is 0 Å². The lowest BCUT2D eigenvalue weighted by Crippen LogP contribution is -2.28. The summed E-state index contributed by atoms with van der Waals surface area (Å²) >= 11 is 0. The van der Waals surface area contributed by atoms with Crippen molar-refractivity contribution < 1.29 is 24.2 Å². The molecule has 0 saturated carbocycles. The highest BCUT2D eigenvalue weighted by molar-refractivity contribution is 6.01. The van der Waals surface area contributed by atoms with Crippen molar-refractivity contribution in [2.45, 2.75) is 5.92 Å². The van der Waals surface area contributed by atoms with Crippen molar-refractivity contribution in [2.24, 2.45) is 11.5 Å². The van der Waals surface area contributed by atoms with Crippen LogP contribution in [-0.2, 0) is 9.59 Å². The van der Waals surface area contributed by atoms with Crippen LogP contribution in [0.5, 0.6) is 5.75 Å². The van der Waals surface area contributed by atoms with Crippen LogP contribution in [-0.4, -0.2) is 23.1 Å². The Labute approximate surface area is 96.0 Å². The molecular weight excluding hydrogens is 228 g/mol. The van der Waals surface area contributed by atoms with E-state index in [-0.39, 0.29) is 11.3 Å². The number of ether oxygens (including phenoxy) is 1. The van der Waals surface area contributed by atoms with Gasteiger partial charge in [-0.1, -0.05) is 12.1 Å². The van der Waals surface area contributed by atoms with E-state index < -0.39 is 23.9 Å². The van der Waals surface area contributed by atoms with Gasteiger partial charge in [0.05, 0.1) is 0 Å². The molecule has 0 bridgehead atoms. The third-order valence-electron chi connectivity index (χ3n) is 1.96. The maximum absolute atomic E-state index is 10.9. The Morgan fingerprint density at radius 1 is 1.12 bits per heavy atom. The summed E-state index contributed by atoms with van der Waals surface area (Å²) in [5.74, 6) is -3.60. The van der Waals surface area contributed by atoms with E-state index in [1.165, 1.54) is 24.3 Å². The molecule has 0 aliphatic rings. The van der Waals surface area contributed by atoms with Gasteiger partial charge < -0.3 is 21.3 Å². The molecule has 5 N–H and O–H groups in total. The lowest BCUT2D eigenvalue weighted by Gasteiger charge is -2.09. The zero-order valence-corrected chi connectivity index (χ0v) is 8.62. The predicted molar refractivity (Wildman–Crippen MR) is 56.2 cm³/mol. The summed E-state index contributed by atoms with van der Waals surface area (Å²) in [4.78, 5) is 32.2. The van der Waals surface area contributed by atoms with Crippen LogP contribution >= 0.6 is 0 Å². The topological polar surface area (TPSA) is 133 Å². The van der Waals surface area contributed by atoms with Gasteiger partial charge in [0, 0.05) is 0 Å². The van der Waals surface area contributed by atoms with Crippen molar-refractivity contribution in [3.05, 3.63) is 29.8 Å². The molecule has 1 atom stereocenters. The SMILES string of the molecule is NC(=O)Oc1ccc(C(C(N)=O)C(=O)O)cc1. The Bertz CT molecular complexity index is 440. The van der Waals surface area contributed by atoms with Gasteiger partial charge in [0.25, 0.3) is 0 Å². The normalized spacial score (nSPS) is 11.5. The number of hydrogen-bond acceptors (Lipinski definition) is 4. The van der Waals surface area contributed by atoms with E-state index in [1.54, 1.807) is 0 Å². The average Bonchev–Trinajstić information content (AvgIpc) is 2.18. The molecule has 7 heteroatoms. The van der Waals surface area contributed by atoms with Crippen LogP contribution in [0.15, 0.2) is 24.3 Å². The van der Waals surface area contributed by atoms with E-state index in [0.717, 1.165) is 0 Å². The third kappa shape index (κ3) is 3.20. The molecule has 0 radical (unpaired) electrons. The minimum atomic E-state index is -1.43. The molecule has 1 rings (SSSR count). The van der Waals surface area contributed by atoms with E-state index >= 15 is 0 Å². The monoisotopic (exact) mass is 238 g/mol. The van der Waals surface area contributed by atoms with E-state index in [2.05, 4.69) is 4.74 Å². The summed E-state index contributed by atoms with van der Waals surface area (Å²) in [6, 6.07) is 5.28. The summed E-state index contributed by atoms with van der Waals surface area (Å²) in [5, 5.41) is 8.81. The molecule has 0 aliphatic heterocycles. The highest BCUT2D eigenvalue weighted by Gasteiger charge is 2.25. The molecule has 1 aromatic carbocycles. The van der Waals surface area contributed by atoms with Crippen LogP contribution in [0.2, 0.25) is 0 Å². The summed E-state index contributed by atoms with van der Waals surface area (Å²) < 4.78 is 4.55. The highest BCUT2D eigenvalue weighted by Crippen LogP contribution is 2.19. The Hall–Kier alpha value is -2.57. The Kier molecular flexibility index (Phi) is 3.66. The zero-order valence-electron chi connectivity index (χ0n) is 8.62. The van der Waals surface area contributed by atoms with Crippen molar-refractivity contribution in [1.82, 2.24) is 0 Å². The summed E-state index contributed by atoms with van der Waals surface area (Å²) in [7, 11) is 0. The third-order valence-corrected chi connectivity index (χ3v) is 1.96. The van der Waals surface area contributed by atoms with Crippen LogP contribution < -0.4 is 16.2 Å². The number of aliphatic carboxylic acids is 1. The van der Waals surface area contributed by atoms with Gasteiger partial charge in [-0.15, -0.1) is 0 Å². The quantitative estimate of drug-likeness (QED) is 0.624. The lowest BCUT2D eigenvalue weighted by molar-refractivity contribution is -0.142. The number of primary amides is 2. The van der Waals surface area contributed by atoms with Gasteiger partial charge in [-0.2, -0.15) is 0 Å². The molecule has 0 aliphatic carbocycles. The Balaban J connectivity index is 2.96. The minimum Gasteiger partial charge on any atom is -0.480 e. The van der Waals surface area contributed by atoms with Gasteiger partial charge in [0.1, 0.15) is 5.75 Å². The molecule has 1 aromatic rings. The molecule has 7 nitrogen and oxygen atoms in total. The second-order valence-electron chi connectivity index (χ2n) is 3.16. The number of amides is 2. The lowest BCUT2D eigenvalue weighted by atomic mass is 9.99. The fraction of sp³-hybridized carbons (Fsp3) is 0.100. The van der Waals surface area contributed by atoms with E-state index in [0.29, 0.717) is 0 Å². The minimum absolute atomic E-state index is 0.148. The van der Waals surface area contributed by atoms with Crippen molar-refractivity contribution in [3.63, 3.8) is 0 Å². The van der Waals surface area contributed by atoms with Gasteiger partial charge >= 0.3 is 12.1 Å². The molecule has 17 heavy (non-hydrogen) atoms. The van der Waals surface area contributed by atoms with Gasteiger partial charge in [-0.05, 0) is 17.7 Å². The number of carbonyl (C=O) groups is 3. The fourth-order valence-electron chi connectivity index (χ4n) is 1.27. The number of hydrogen-bond donors (Lipinski definition) is 3. The molecule has 0 heterocycles. The van der Waals surface area contributed by atoms with E-state index in [4.69, 9.17) is 16.6 Å². The molecule has 0 aromatic heterocycles. The van der Waals surface area contributed by atoms with Crippen LogP contribution in [0, 0.1) is 0 Å². The number of benzene rings is 1. The van der Waals surface area contributed by atoms with Crippen molar-refractivity contribution >= 4 is 18.0 Å². The first-order valence-electron chi connectivity index (χ1n) is 4.51. The van der Waals surface area contributed by atoms with Gasteiger partial charge in [-0.25, -0.2) is 4.79 Å². The highest BCUT2D eigenvalue weighted by atomic mass is 16.5. The molecule has 0 spiro atoms.